The van der Waals surface area contributed by atoms with Gasteiger partial charge in [0.1, 0.15) is 5.76 Å². The minimum Gasteiger partial charge on any atom is -0.469 e. The molecule has 0 saturated carbocycles. The molecule has 0 aliphatic rings. The van der Waals surface area contributed by atoms with E-state index >= 15 is 0 Å². The maximum Gasteiger partial charge on any atom is 0.191 e. The van der Waals surface area contributed by atoms with E-state index in [1.807, 2.05) is 49.4 Å². The molecule has 1 heterocycles. The number of aliphatic hydroxyl groups excluding tert-OH is 1. The van der Waals surface area contributed by atoms with Crippen LogP contribution in [0.5, 0.6) is 0 Å². The average Bonchev–Trinajstić information content (AvgIpc) is 3.10. The topological polar surface area (TPSA) is 69.8 Å². The number of hydrogen-bond donors (Lipinski definition) is 3. The summed E-state index contributed by atoms with van der Waals surface area (Å²) in [5.41, 5.74) is 1.87. The molecule has 0 aliphatic heterocycles. The van der Waals surface area contributed by atoms with E-state index < -0.39 is 6.10 Å². The minimum absolute atomic E-state index is 0. The lowest BCUT2D eigenvalue weighted by Crippen LogP contribution is -2.39. The van der Waals surface area contributed by atoms with Gasteiger partial charge in [-0.15, -0.1) is 24.0 Å². The van der Waals surface area contributed by atoms with E-state index in [1.54, 1.807) is 6.26 Å². The third kappa shape index (κ3) is 8.22. The van der Waals surface area contributed by atoms with Crippen molar-refractivity contribution in [3.63, 3.8) is 0 Å². The van der Waals surface area contributed by atoms with Gasteiger partial charge in [0.15, 0.2) is 5.96 Å². The smallest absolute Gasteiger partial charge is 0.191 e. The van der Waals surface area contributed by atoms with E-state index in [0.29, 0.717) is 19.0 Å². The first-order valence-electron chi connectivity index (χ1n) is 8.07. The number of rotatable bonds is 8. The number of hydrogen-bond acceptors (Lipinski definition) is 3. The highest BCUT2D eigenvalue weighted by Crippen LogP contribution is 2.11. The van der Waals surface area contributed by atoms with E-state index in [-0.39, 0.29) is 30.5 Å². The fourth-order valence-corrected chi connectivity index (χ4v) is 2.13. The summed E-state index contributed by atoms with van der Waals surface area (Å²) >= 11 is 0. The molecule has 0 saturated heterocycles. The minimum atomic E-state index is -0.625. The van der Waals surface area contributed by atoms with E-state index in [1.165, 1.54) is 0 Å². The molecule has 0 spiro atoms. The molecule has 1 atom stereocenters. The predicted octanol–water partition coefficient (Wildman–Crippen LogP) is 3.29. The molecule has 1 aromatic carbocycles. The van der Waals surface area contributed by atoms with Crippen molar-refractivity contribution in [2.45, 2.75) is 19.4 Å². The van der Waals surface area contributed by atoms with Gasteiger partial charge >= 0.3 is 0 Å². The quantitative estimate of drug-likeness (QED) is 0.247. The Labute approximate surface area is 166 Å². The molecule has 1 unspecified atom stereocenters. The first kappa shape index (κ1) is 21.2. The summed E-state index contributed by atoms with van der Waals surface area (Å²) in [4.78, 5) is 4.46. The molecule has 0 aliphatic carbocycles. The Morgan fingerprint density at radius 1 is 1.20 bits per heavy atom. The van der Waals surface area contributed by atoms with Crippen molar-refractivity contribution in [3.05, 3.63) is 72.2 Å². The number of benzene rings is 1. The van der Waals surface area contributed by atoms with Gasteiger partial charge in [0, 0.05) is 19.5 Å². The van der Waals surface area contributed by atoms with Crippen molar-refractivity contribution < 1.29 is 9.52 Å². The second-order valence-electron chi connectivity index (χ2n) is 5.68. The van der Waals surface area contributed by atoms with Gasteiger partial charge in [-0.25, -0.2) is 0 Å². The average molecular weight is 455 g/mol. The molecule has 25 heavy (non-hydrogen) atoms. The van der Waals surface area contributed by atoms with Gasteiger partial charge in [-0.2, -0.15) is 0 Å². The largest absolute Gasteiger partial charge is 0.469 e. The molecule has 6 heteroatoms. The maximum atomic E-state index is 10.2. The molecular weight excluding hydrogens is 429 g/mol. The molecule has 2 aromatic rings. The Bertz CT molecular complexity index is 642. The number of halogens is 1. The highest BCUT2D eigenvalue weighted by atomic mass is 127. The summed E-state index contributed by atoms with van der Waals surface area (Å²) in [6, 6.07) is 13.3. The second-order valence-corrected chi connectivity index (χ2v) is 5.68. The van der Waals surface area contributed by atoms with Crippen LogP contribution in [0.15, 0.2) is 70.3 Å². The number of nitrogens with one attached hydrogen (secondary N) is 2. The van der Waals surface area contributed by atoms with Crippen molar-refractivity contribution in [2.24, 2.45) is 4.99 Å². The fourth-order valence-electron chi connectivity index (χ4n) is 2.13. The molecule has 0 bridgehead atoms. The molecule has 2 rings (SSSR count). The van der Waals surface area contributed by atoms with E-state index in [2.05, 4.69) is 22.2 Å². The van der Waals surface area contributed by atoms with Crippen LogP contribution in [0.2, 0.25) is 0 Å². The number of guanidine groups is 1. The van der Waals surface area contributed by atoms with Crippen LogP contribution in [-0.2, 0) is 6.42 Å². The molecule has 1 aromatic heterocycles. The van der Waals surface area contributed by atoms with E-state index in [0.717, 1.165) is 23.3 Å². The van der Waals surface area contributed by atoms with Crippen LogP contribution in [0.25, 0.3) is 0 Å². The summed E-state index contributed by atoms with van der Waals surface area (Å²) in [6.45, 7) is 7.44. The fraction of sp³-hybridized carbons (Fsp3) is 0.316. The van der Waals surface area contributed by atoms with Crippen molar-refractivity contribution in [3.8, 4) is 0 Å². The molecule has 136 valence electrons. The van der Waals surface area contributed by atoms with Crippen molar-refractivity contribution >= 4 is 29.9 Å². The molecule has 0 radical (unpaired) electrons. The van der Waals surface area contributed by atoms with Gasteiger partial charge < -0.3 is 20.2 Å². The van der Waals surface area contributed by atoms with Crippen LogP contribution in [0.3, 0.4) is 0 Å². The normalized spacial score (nSPS) is 12.2. The Kier molecular flexibility index (Phi) is 9.94. The third-order valence-electron chi connectivity index (χ3n) is 3.41. The zero-order chi connectivity index (χ0) is 17.2. The molecule has 0 fully saturated rings. The number of furan rings is 1. The Hall–Kier alpha value is -1.80. The van der Waals surface area contributed by atoms with Gasteiger partial charge in [-0.1, -0.05) is 42.5 Å². The van der Waals surface area contributed by atoms with Crippen LogP contribution in [0, 0.1) is 0 Å². The van der Waals surface area contributed by atoms with Crippen molar-refractivity contribution in [2.75, 3.05) is 19.6 Å². The molecule has 0 amide bonds. The van der Waals surface area contributed by atoms with Crippen molar-refractivity contribution in [1.29, 1.82) is 0 Å². The van der Waals surface area contributed by atoms with Gasteiger partial charge in [-0.05, 0) is 24.6 Å². The monoisotopic (exact) mass is 455 g/mol. The number of nitrogens with zero attached hydrogens (tertiary/aromatic N) is 1. The van der Waals surface area contributed by atoms with Crippen molar-refractivity contribution in [1.82, 2.24) is 10.6 Å². The Balaban J connectivity index is 0.00000312. The van der Waals surface area contributed by atoms with E-state index in [9.17, 15) is 5.11 Å². The van der Waals surface area contributed by atoms with Crippen LogP contribution in [-0.4, -0.2) is 30.7 Å². The lowest BCUT2D eigenvalue weighted by molar-refractivity contribution is 0.187. The maximum absolute atomic E-state index is 10.2. The van der Waals surface area contributed by atoms with Crippen LogP contribution < -0.4 is 10.6 Å². The summed E-state index contributed by atoms with van der Waals surface area (Å²) in [7, 11) is 0. The summed E-state index contributed by atoms with van der Waals surface area (Å²) in [5.74, 6) is 1.57. The molecule has 5 nitrogen and oxygen atoms in total. The van der Waals surface area contributed by atoms with Crippen LogP contribution in [0.1, 0.15) is 24.4 Å². The molecule has 3 N–H and O–H groups in total. The second kappa shape index (κ2) is 11.7. The van der Waals surface area contributed by atoms with E-state index in [4.69, 9.17) is 4.42 Å². The zero-order valence-corrected chi connectivity index (χ0v) is 16.8. The highest BCUT2D eigenvalue weighted by molar-refractivity contribution is 14.0. The molecular formula is C19H26IN3O2. The van der Waals surface area contributed by atoms with Crippen LogP contribution >= 0.6 is 24.0 Å². The van der Waals surface area contributed by atoms with Gasteiger partial charge in [0.2, 0.25) is 0 Å². The summed E-state index contributed by atoms with van der Waals surface area (Å²) in [5, 5.41) is 16.7. The Morgan fingerprint density at radius 2 is 1.96 bits per heavy atom. The first-order valence-corrected chi connectivity index (χ1v) is 8.07. The lowest BCUT2D eigenvalue weighted by Gasteiger charge is -2.14. The van der Waals surface area contributed by atoms with Gasteiger partial charge in [-0.3, -0.25) is 4.99 Å². The van der Waals surface area contributed by atoms with Gasteiger partial charge in [0.05, 0.1) is 18.9 Å². The summed E-state index contributed by atoms with van der Waals surface area (Å²) < 4.78 is 5.32. The SMILES string of the molecule is C=C(C)CNC(=NCC(O)c1ccccc1)NCCc1ccco1.I. The summed E-state index contributed by atoms with van der Waals surface area (Å²) in [6.07, 6.45) is 1.81. The van der Waals surface area contributed by atoms with Crippen LogP contribution in [0.4, 0.5) is 0 Å². The first-order chi connectivity index (χ1) is 11.6. The highest BCUT2D eigenvalue weighted by Gasteiger charge is 2.07. The van der Waals surface area contributed by atoms with Gasteiger partial charge in [0.25, 0.3) is 0 Å². The lowest BCUT2D eigenvalue weighted by atomic mass is 10.1. The zero-order valence-electron chi connectivity index (χ0n) is 14.4. The number of aliphatic imine (C=N–C) groups is 1. The third-order valence-corrected chi connectivity index (χ3v) is 3.41. The standard InChI is InChI=1S/C19H25N3O2.HI/c1-15(2)13-21-19(20-11-10-17-9-6-12-24-17)22-14-18(23)16-7-4-3-5-8-16;/h3-9,12,18,23H,1,10-11,13-14H2,2H3,(H2,20,21,22);1H. The Morgan fingerprint density at radius 3 is 2.60 bits per heavy atom. The predicted molar refractivity (Wildman–Crippen MR) is 112 cm³/mol. The number of aliphatic hydroxyl groups is 1.